The van der Waals surface area contributed by atoms with E-state index in [-0.39, 0.29) is 11.3 Å². The van der Waals surface area contributed by atoms with Gasteiger partial charge in [0.05, 0.1) is 18.2 Å². The number of carbonyl (C=O) groups is 2. The van der Waals surface area contributed by atoms with E-state index in [4.69, 9.17) is 4.74 Å². The summed E-state index contributed by atoms with van der Waals surface area (Å²) in [6.07, 6.45) is 0. The molecule has 0 aromatic heterocycles. The Hall–Kier alpha value is -3.19. The Kier molecular flexibility index (Phi) is 7.87. The van der Waals surface area contributed by atoms with Crippen LogP contribution in [0.3, 0.4) is 0 Å². The predicted molar refractivity (Wildman–Crippen MR) is 126 cm³/mol. The topological polar surface area (TPSA) is 70.1 Å². The van der Waals surface area contributed by atoms with Crippen LogP contribution in [0.2, 0.25) is 0 Å². The van der Waals surface area contributed by atoms with E-state index in [0.717, 1.165) is 18.7 Å². The number of rotatable bonds is 9. The number of amides is 1. The molecule has 1 atom stereocenters. The first-order valence-corrected chi connectivity index (χ1v) is 11.3. The summed E-state index contributed by atoms with van der Waals surface area (Å²) in [5.74, 6) is -1.39. The number of aliphatic hydroxyl groups excluding tert-OH is 1. The summed E-state index contributed by atoms with van der Waals surface area (Å²) in [7, 11) is 0. The Labute approximate surface area is 194 Å². The van der Waals surface area contributed by atoms with Crippen molar-refractivity contribution in [2.45, 2.75) is 33.7 Å². The van der Waals surface area contributed by atoms with E-state index >= 15 is 0 Å². The van der Waals surface area contributed by atoms with E-state index < -0.39 is 23.5 Å². The van der Waals surface area contributed by atoms with E-state index in [2.05, 4.69) is 4.90 Å². The number of ether oxygens (including phenoxy) is 1. The molecule has 1 heterocycles. The molecular weight excluding hydrogens is 423 g/mol. The zero-order valence-electron chi connectivity index (χ0n) is 19.6. The highest BCUT2D eigenvalue weighted by atomic mass is 19.1. The van der Waals surface area contributed by atoms with E-state index in [9.17, 15) is 19.1 Å². The van der Waals surface area contributed by atoms with E-state index in [1.807, 2.05) is 27.7 Å². The standard InChI is InChI=1S/C26H31FN2O4/c1-5-28(6-2)14-15-29-23(18-8-11-20(27)12-9-18)22(25(31)26(29)32)24(30)19-10-13-21(33-7-3)17(4)16-19/h8-13,16,23,30H,5-7,14-15H2,1-4H3. The van der Waals surface area contributed by atoms with Gasteiger partial charge in [0.1, 0.15) is 17.3 Å². The minimum Gasteiger partial charge on any atom is -0.507 e. The van der Waals surface area contributed by atoms with E-state index in [1.54, 1.807) is 30.3 Å². The van der Waals surface area contributed by atoms with Crippen LogP contribution in [0.1, 0.15) is 43.5 Å². The van der Waals surface area contributed by atoms with Gasteiger partial charge in [0.15, 0.2) is 0 Å². The smallest absolute Gasteiger partial charge is 0.295 e. The molecule has 0 radical (unpaired) electrons. The third-order valence-electron chi connectivity index (χ3n) is 6.03. The molecule has 1 aliphatic heterocycles. The first-order valence-electron chi connectivity index (χ1n) is 11.3. The normalized spacial score (nSPS) is 17.8. The number of Topliss-reactive ketones (excluding diaryl/α,β-unsaturated/α-hetero) is 1. The number of hydrogen-bond acceptors (Lipinski definition) is 5. The maximum Gasteiger partial charge on any atom is 0.295 e. The molecular formula is C26H31FN2O4. The van der Waals surface area contributed by atoms with Crippen LogP contribution in [-0.4, -0.2) is 59.4 Å². The number of likely N-dealkylation sites (N-methyl/N-ethyl adjacent to an activating group) is 1. The van der Waals surface area contributed by atoms with Gasteiger partial charge in [-0.1, -0.05) is 26.0 Å². The predicted octanol–water partition coefficient (Wildman–Crippen LogP) is 4.30. The van der Waals surface area contributed by atoms with Crippen molar-refractivity contribution in [3.63, 3.8) is 0 Å². The number of ketones is 1. The molecule has 1 unspecified atom stereocenters. The lowest BCUT2D eigenvalue weighted by molar-refractivity contribution is -0.140. The van der Waals surface area contributed by atoms with Gasteiger partial charge in [-0.3, -0.25) is 9.59 Å². The van der Waals surface area contributed by atoms with Crippen LogP contribution in [0, 0.1) is 12.7 Å². The van der Waals surface area contributed by atoms with Crippen molar-refractivity contribution in [2.75, 3.05) is 32.8 Å². The average Bonchev–Trinajstić information content (AvgIpc) is 3.06. The van der Waals surface area contributed by atoms with Gasteiger partial charge in [0.2, 0.25) is 0 Å². The van der Waals surface area contributed by atoms with E-state index in [1.165, 1.54) is 17.0 Å². The number of benzene rings is 2. The molecule has 3 rings (SSSR count). The molecule has 1 saturated heterocycles. The second kappa shape index (κ2) is 10.6. The molecule has 7 heteroatoms. The maximum absolute atomic E-state index is 13.6. The van der Waals surface area contributed by atoms with Gasteiger partial charge < -0.3 is 19.6 Å². The number of aliphatic hydroxyl groups is 1. The van der Waals surface area contributed by atoms with Gasteiger partial charge in [0, 0.05) is 18.7 Å². The fraction of sp³-hybridized carbons (Fsp3) is 0.385. The first-order chi connectivity index (χ1) is 15.8. The van der Waals surface area contributed by atoms with Crippen molar-refractivity contribution in [3.05, 3.63) is 70.5 Å². The summed E-state index contributed by atoms with van der Waals surface area (Å²) in [6, 6.07) is 10.0. The highest BCUT2D eigenvalue weighted by Gasteiger charge is 2.46. The molecule has 2 aromatic carbocycles. The average molecular weight is 455 g/mol. The van der Waals surface area contributed by atoms with Crippen molar-refractivity contribution in [2.24, 2.45) is 0 Å². The minimum absolute atomic E-state index is 0.00900. The first kappa shape index (κ1) is 24.5. The van der Waals surface area contributed by atoms with E-state index in [0.29, 0.717) is 36.6 Å². The molecule has 1 amide bonds. The molecule has 2 aromatic rings. The fourth-order valence-electron chi connectivity index (χ4n) is 4.16. The molecule has 1 fully saturated rings. The van der Waals surface area contributed by atoms with Crippen LogP contribution < -0.4 is 4.74 Å². The lowest BCUT2D eigenvalue weighted by Crippen LogP contribution is -2.38. The summed E-state index contributed by atoms with van der Waals surface area (Å²) >= 11 is 0. The summed E-state index contributed by atoms with van der Waals surface area (Å²) in [6.45, 7) is 10.8. The number of likely N-dealkylation sites (tertiary alicyclic amines) is 1. The van der Waals surface area contributed by atoms with Gasteiger partial charge in [-0.2, -0.15) is 0 Å². The van der Waals surface area contributed by atoms with Crippen molar-refractivity contribution in [1.82, 2.24) is 9.80 Å². The van der Waals surface area contributed by atoms with Crippen LogP contribution in [0.4, 0.5) is 4.39 Å². The zero-order valence-corrected chi connectivity index (χ0v) is 19.6. The van der Waals surface area contributed by atoms with Crippen molar-refractivity contribution in [1.29, 1.82) is 0 Å². The summed E-state index contributed by atoms with van der Waals surface area (Å²) in [4.78, 5) is 29.7. The molecule has 0 bridgehead atoms. The third-order valence-corrected chi connectivity index (χ3v) is 6.03. The Morgan fingerprint density at radius 3 is 2.33 bits per heavy atom. The molecule has 6 nitrogen and oxygen atoms in total. The summed E-state index contributed by atoms with van der Waals surface area (Å²) in [5.41, 5.74) is 1.80. The Balaban J connectivity index is 2.09. The van der Waals surface area contributed by atoms with Gasteiger partial charge >= 0.3 is 0 Å². The van der Waals surface area contributed by atoms with Crippen LogP contribution in [0.5, 0.6) is 5.75 Å². The third kappa shape index (κ3) is 5.09. The second-order valence-electron chi connectivity index (χ2n) is 7.98. The highest BCUT2D eigenvalue weighted by Crippen LogP contribution is 2.39. The number of aryl methyl sites for hydroxylation is 1. The summed E-state index contributed by atoms with van der Waals surface area (Å²) in [5, 5.41) is 11.2. The molecule has 0 aliphatic carbocycles. The van der Waals surface area contributed by atoms with Crippen molar-refractivity contribution in [3.8, 4) is 5.75 Å². The van der Waals surface area contributed by atoms with Crippen LogP contribution >= 0.6 is 0 Å². The minimum atomic E-state index is -0.798. The number of hydrogen-bond donors (Lipinski definition) is 1. The molecule has 33 heavy (non-hydrogen) atoms. The lowest BCUT2D eigenvalue weighted by atomic mass is 9.94. The number of nitrogens with zero attached hydrogens (tertiary/aromatic N) is 2. The molecule has 1 aliphatic rings. The quantitative estimate of drug-likeness (QED) is 0.348. The van der Waals surface area contributed by atoms with Gasteiger partial charge in [-0.25, -0.2) is 4.39 Å². The second-order valence-corrected chi connectivity index (χ2v) is 7.98. The zero-order chi connectivity index (χ0) is 24.1. The Morgan fingerprint density at radius 1 is 1.09 bits per heavy atom. The van der Waals surface area contributed by atoms with Crippen molar-refractivity contribution < 1.29 is 23.8 Å². The largest absolute Gasteiger partial charge is 0.507 e. The van der Waals surface area contributed by atoms with Crippen molar-refractivity contribution >= 4 is 17.4 Å². The van der Waals surface area contributed by atoms with Gasteiger partial charge in [-0.15, -0.1) is 0 Å². The molecule has 176 valence electrons. The highest BCUT2D eigenvalue weighted by molar-refractivity contribution is 6.46. The SMILES string of the molecule is CCOc1ccc(C(O)=C2C(=O)C(=O)N(CCN(CC)CC)C2c2ccc(F)cc2)cc1C. The maximum atomic E-state index is 13.6. The summed E-state index contributed by atoms with van der Waals surface area (Å²) < 4.78 is 19.2. The van der Waals surface area contributed by atoms with Crippen LogP contribution in [0.25, 0.3) is 5.76 Å². The molecule has 1 N–H and O–H groups in total. The fourth-order valence-corrected chi connectivity index (χ4v) is 4.16. The molecule has 0 spiro atoms. The number of halogens is 1. The van der Waals surface area contributed by atoms with Gasteiger partial charge in [0.25, 0.3) is 11.7 Å². The monoisotopic (exact) mass is 454 g/mol. The number of carbonyl (C=O) groups excluding carboxylic acids is 2. The van der Waals surface area contributed by atoms with Gasteiger partial charge in [-0.05, 0) is 68.4 Å². The van der Waals surface area contributed by atoms with Crippen LogP contribution in [-0.2, 0) is 9.59 Å². The Morgan fingerprint density at radius 2 is 1.76 bits per heavy atom. The van der Waals surface area contributed by atoms with Crippen LogP contribution in [0.15, 0.2) is 48.0 Å². The lowest BCUT2D eigenvalue weighted by Gasteiger charge is -2.28. The Bertz CT molecular complexity index is 1040. The molecule has 0 saturated carbocycles.